The predicted octanol–water partition coefficient (Wildman–Crippen LogP) is 11.9. The first-order valence-corrected chi connectivity index (χ1v) is 16.0. The van der Waals surface area contributed by atoms with Gasteiger partial charge in [-0.25, -0.2) is 4.48 Å². The monoisotopic (exact) mass is 579 g/mol. The Bertz CT molecular complexity index is 2620. The molecule has 44 heavy (non-hydrogen) atoms. The first kappa shape index (κ1) is 24.2. The van der Waals surface area contributed by atoms with Crippen molar-refractivity contribution < 1.29 is 0 Å². The van der Waals surface area contributed by atoms with E-state index >= 15 is 0 Å². The van der Waals surface area contributed by atoms with E-state index in [0.717, 1.165) is 0 Å². The van der Waals surface area contributed by atoms with Crippen LogP contribution < -0.4 is 4.48 Å². The summed E-state index contributed by atoms with van der Waals surface area (Å²) >= 11 is 1.90. The average Bonchev–Trinajstić information content (AvgIpc) is 3.69. The number of hydrogen-bond donors (Lipinski definition) is 0. The number of aromatic nitrogens is 1. The fourth-order valence-electron chi connectivity index (χ4n) is 7.66. The number of rotatable bonds is 2. The lowest BCUT2D eigenvalue weighted by molar-refractivity contribution is 0.645. The van der Waals surface area contributed by atoms with Crippen molar-refractivity contribution in [1.29, 1.82) is 0 Å². The summed E-state index contributed by atoms with van der Waals surface area (Å²) in [6, 6.07) is 54.0. The van der Waals surface area contributed by atoms with Crippen LogP contribution in [0.1, 0.15) is 0 Å². The minimum Gasteiger partial charge on any atom is -0.309 e. The van der Waals surface area contributed by atoms with Crippen molar-refractivity contribution in [2.24, 2.45) is 0 Å². The second-order valence-electron chi connectivity index (χ2n) is 12.1. The van der Waals surface area contributed by atoms with Gasteiger partial charge in [-0.2, -0.15) is 0 Å². The largest absolute Gasteiger partial charge is 0.309 e. The van der Waals surface area contributed by atoms with E-state index in [-0.39, 0.29) is 0 Å². The molecule has 1 atom stereocenters. The zero-order valence-corrected chi connectivity index (χ0v) is 25.0. The van der Waals surface area contributed by atoms with Crippen LogP contribution in [0.4, 0.5) is 17.1 Å². The van der Waals surface area contributed by atoms with Crippen LogP contribution in [-0.4, -0.2) is 11.6 Å². The Balaban J connectivity index is 1.31. The normalized spacial score (nSPS) is 15.9. The molecule has 2 aromatic heterocycles. The highest BCUT2D eigenvalue weighted by atomic mass is 32.1. The molecule has 1 aliphatic rings. The van der Waals surface area contributed by atoms with E-state index in [1.807, 2.05) is 11.3 Å². The van der Waals surface area contributed by atoms with E-state index in [2.05, 4.69) is 157 Å². The van der Waals surface area contributed by atoms with Gasteiger partial charge in [0.2, 0.25) is 0 Å². The number of nitrogens with zero attached hydrogens (tertiary/aromatic N) is 2. The molecule has 0 bridgehead atoms. The van der Waals surface area contributed by atoms with Gasteiger partial charge < -0.3 is 4.57 Å². The summed E-state index contributed by atoms with van der Waals surface area (Å²) in [4.78, 5) is 0. The molecule has 0 aliphatic carbocycles. The van der Waals surface area contributed by atoms with E-state index in [1.165, 1.54) is 86.6 Å². The quantitative estimate of drug-likeness (QED) is 0.180. The van der Waals surface area contributed by atoms with E-state index < -0.39 is 0 Å². The standard InChI is InChI=1S/C41H27N2S/c1-43(29-19-20-37-32(23-29)30-15-7-9-17-36(30)42(37)28-13-3-2-4-14-28)38-22-27-12-6-5-11-26(27)21-33(38)34-25-41-35(24-39(34)43)31-16-8-10-18-40(31)44-41/h2-25H,1H3/q+1. The maximum absolute atomic E-state index is 2.48. The van der Waals surface area contributed by atoms with Crippen LogP contribution >= 0.6 is 11.3 Å². The van der Waals surface area contributed by atoms with Crippen LogP contribution in [0, 0.1) is 0 Å². The Labute approximate surface area is 258 Å². The molecule has 3 heteroatoms. The molecule has 9 aromatic rings. The maximum Gasteiger partial charge on any atom is 0.151 e. The molecule has 1 unspecified atom stereocenters. The minimum absolute atomic E-state index is 0.621. The van der Waals surface area contributed by atoms with Gasteiger partial charge in [0, 0.05) is 60.9 Å². The Morgan fingerprint density at radius 3 is 2.00 bits per heavy atom. The maximum atomic E-state index is 2.48. The second-order valence-corrected chi connectivity index (χ2v) is 13.2. The van der Waals surface area contributed by atoms with Crippen LogP contribution in [0.2, 0.25) is 0 Å². The van der Waals surface area contributed by atoms with Gasteiger partial charge in [0.1, 0.15) is 5.69 Å². The molecule has 0 saturated heterocycles. The SMILES string of the molecule is C[N+]1(c2ccc3c(c2)c2ccccc2n3-c2ccccc2)c2cc3ccccc3cc2-c2cc3sc4ccccc4c3cc21. The fraction of sp³-hybridized carbons (Fsp3) is 0.0244. The third-order valence-corrected chi connectivity index (χ3v) is 10.9. The van der Waals surface area contributed by atoms with Crippen molar-refractivity contribution in [2.75, 3.05) is 7.05 Å². The molecular formula is C41H27N2S+. The van der Waals surface area contributed by atoms with E-state index in [9.17, 15) is 0 Å². The van der Waals surface area contributed by atoms with Crippen molar-refractivity contribution in [2.45, 2.75) is 0 Å². The highest BCUT2D eigenvalue weighted by Gasteiger charge is 2.43. The summed E-state index contributed by atoms with van der Waals surface area (Å²) < 4.78 is 5.71. The number of quaternary nitrogens is 1. The number of hydrogen-bond acceptors (Lipinski definition) is 1. The summed E-state index contributed by atoms with van der Waals surface area (Å²) in [5.41, 5.74) is 10.2. The molecule has 0 spiro atoms. The molecule has 0 saturated carbocycles. The van der Waals surface area contributed by atoms with Crippen molar-refractivity contribution in [3.8, 4) is 16.8 Å². The topological polar surface area (TPSA) is 4.93 Å². The molecule has 206 valence electrons. The lowest BCUT2D eigenvalue weighted by Gasteiger charge is -2.30. The fourth-order valence-corrected chi connectivity index (χ4v) is 8.79. The molecule has 0 amide bonds. The number of fused-ring (bicyclic) bond motifs is 10. The molecule has 0 N–H and O–H groups in total. The lowest BCUT2D eigenvalue weighted by atomic mass is 10.0. The predicted molar refractivity (Wildman–Crippen MR) is 190 cm³/mol. The Morgan fingerprint density at radius 1 is 0.477 bits per heavy atom. The number of para-hydroxylation sites is 2. The van der Waals surface area contributed by atoms with Gasteiger partial charge in [-0.05, 0) is 53.2 Å². The van der Waals surface area contributed by atoms with Gasteiger partial charge in [-0.3, -0.25) is 0 Å². The molecular weight excluding hydrogens is 553 g/mol. The van der Waals surface area contributed by atoms with E-state index in [4.69, 9.17) is 0 Å². The van der Waals surface area contributed by atoms with E-state index in [0.29, 0.717) is 4.48 Å². The molecule has 7 aromatic carbocycles. The number of thiophene rings is 1. The highest BCUT2D eigenvalue weighted by Crippen LogP contribution is 2.59. The summed E-state index contributed by atoms with van der Waals surface area (Å²) in [5.74, 6) is 0. The molecule has 1 aliphatic heterocycles. The van der Waals surface area contributed by atoms with Gasteiger partial charge in [0.25, 0.3) is 0 Å². The van der Waals surface area contributed by atoms with Crippen LogP contribution in [-0.2, 0) is 0 Å². The van der Waals surface area contributed by atoms with Crippen LogP contribution in [0.25, 0.3) is 69.6 Å². The molecule has 0 radical (unpaired) electrons. The van der Waals surface area contributed by atoms with Crippen LogP contribution in [0.15, 0.2) is 146 Å². The van der Waals surface area contributed by atoms with Gasteiger partial charge in [0.05, 0.1) is 29.2 Å². The molecule has 2 nitrogen and oxygen atoms in total. The molecule has 10 rings (SSSR count). The average molecular weight is 580 g/mol. The smallest absolute Gasteiger partial charge is 0.151 e. The minimum atomic E-state index is 0.621. The zero-order chi connectivity index (χ0) is 29.0. The van der Waals surface area contributed by atoms with Crippen molar-refractivity contribution in [3.63, 3.8) is 0 Å². The summed E-state index contributed by atoms with van der Waals surface area (Å²) in [7, 11) is 2.39. The third-order valence-electron chi connectivity index (χ3n) is 9.80. The summed E-state index contributed by atoms with van der Waals surface area (Å²) in [5, 5.41) is 7.79. The zero-order valence-electron chi connectivity index (χ0n) is 24.2. The van der Waals surface area contributed by atoms with Crippen LogP contribution in [0.5, 0.6) is 0 Å². The van der Waals surface area contributed by atoms with Gasteiger partial charge in [-0.15, -0.1) is 11.3 Å². The Kier molecular flexibility index (Phi) is 4.78. The van der Waals surface area contributed by atoms with Crippen molar-refractivity contribution in [3.05, 3.63) is 146 Å². The summed E-state index contributed by atoms with van der Waals surface area (Å²) in [6.07, 6.45) is 0. The third kappa shape index (κ3) is 3.12. The second kappa shape index (κ2) is 8.67. The van der Waals surface area contributed by atoms with Gasteiger partial charge in [-0.1, -0.05) is 78.9 Å². The Hall–Kier alpha value is -5.22. The molecule has 0 fully saturated rings. The van der Waals surface area contributed by atoms with Crippen molar-refractivity contribution >= 4 is 81.1 Å². The van der Waals surface area contributed by atoms with Gasteiger partial charge in [0.15, 0.2) is 11.4 Å². The van der Waals surface area contributed by atoms with Crippen molar-refractivity contribution in [1.82, 2.24) is 9.05 Å². The van der Waals surface area contributed by atoms with Crippen LogP contribution in [0.3, 0.4) is 0 Å². The first-order chi connectivity index (χ1) is 21.7. The number of benzene rings is 7. The first-order valence-electron chi connectivity index (χ1n) is 15.1. The Morgan fingerprint density at radius 2 is 1.14 bits per heavy atom. The highest BCUT2D eigenvalue weighted by molar-refractivity contribution is 7.25. The molecule has 3 heterocycles. The van der Waals surface area contributed by atoms with Gasteiger partial charge >= 0.3 is 0 Å². The summed E-state index contributed by atoms with van der Waals surface area (Å²) in [6.45, 7) is 0. The lowest BCUT2D eigenvalue weighted by Crippen LogP contribution is -2.31. The van der Waals surface area contributed by atoms with E-state index in [1.54, 1.807) is 0 Å².